The summed E-state index contributed by atoms with van der Waals surface area (Å²) in [5, 5.41) is 19.0. The van der Waals surface area contributed by atoms with E-state index >= 15 is 0 Å². The van der Waals surface area contributed by atoms with Gasteiger partial charge in [-0.05, 0) is 37.6 Å². The molecule has 36 heavy (non-hydrogen) atoms. The van der Waals surface area contributed by atoms with Crippen LogP contribution in [0.25, 0.3) is 11.3 Å². The van der Waals surface area contributed by atoms with Gasteiger partial charge in [-0.15, -0.1) is 0 Å². The van der Waals surface area contributed by atoms with Gasteiger partial charge in [0.2, 0.25) is 0 Å². The molecule has 190 valence electrons. The van der Waals surface area contributed by atoms with Crippen LogP contribution in [0.3, 0.4) is 0 Å². The van der Waals surface area contributed by atoms with Crippen LogP contribution in [0.5, 0.6) is 5.75 Å². The molecular weight excluding hydrogens is 454 g/mol. The summed E-state index contributed by atoms with van der Waals surface area (Å²) >= 11 is 0. The number of aliphatic hydroxyl groups excluding tert-OH is 1. The molecule has 0 aliphatic carbocycles. The number of esters is 1. The first kappa shape index (κ1) is 27.0. The molecule has 3 aromatic rings. The fraction of sp³-hybridized carbons (Fsp3) is 0.414. The summed E-state index contributed by atoms with van der Waals surface area (Å²) in [4.78, 5) is 17.6. The van der Waals surface area contributed by atoms with E-state index < -0.39 is 12.1 Å². The summed E-state index contributed by atoms with van der Waals surface area (Å²) in [6, 6.07) is 14.7. The third-order valence-corrected chi connectivity index (χ3v) is 5.68. The van der Waals surface area contributed by atoms with Gasteiger partial charge in [0.05, 0.1) is 22.9 Å². The van der Waals surface area contributed by atoms with E-state index in [-0.39, 0.29) is 29.3 Å². The molecule has 0 aliphatic rings. The Hall–Kier alpha value is -3.63. The molecule has 0 spiro atoms. The van der Waals surface area contributed by atoms with Crippen LogP contribution in [0, 0.1) is 11.3 Å². The molecule has 0 unspecified atom stereocenters. The Labute approximate surface area is 213 Å². The smallest absolute Gasteiger partial charge is 0.338 e. The summed E-state index contributed by atoms with van der Waals surface area (Å²) in [5.41, 5.74) is 3.39. The zero-order chi connectivity index (χ0) is 26.5. The number of aromatic nitrogens is 2. The Bertz CT molecular complexity index is 1230. The maximum atomic E-state index is 12.8. The molecule has 7 nitrogen and oxygen atoms in total. The SMILES string of the molecule is CC(C)Oc1ccc(C(=O)O[C@H](CCO)Cc2ccc(-c3cn(C)c(C(C)(C)C)n3)cc2)cc1C#N. The summed E-state index contributed by atoms with van der Waals surface area (Å²) in [5.74, 6) is 0.902. The maximum absolute atomic E-state index is 12.8. The minimum Gasteiger partial charge on any atom is -0.490 e. The lowest BCUT2D eigenvalue weighted by atomic mass is 9.96. The number of nitrogens with zero attached hydrogens (tertiary/aromatic N) is 3. The molecule has 1 heterocycles. The number of carbonyl (C=O) groups is 1. The van der Waals surface area contributed by atoms with Crippen molar-refractivity contribution in [2.75, 3.05) is 6.61 Å². The highest BCUT2D eigenvalue weighted by atomic mass is 16.5. The molecule has 7 heteroatoms. The molecule has 2 aromatic carbocycles. The number of imidazole rings is 1. The zero-order valence-corrected chi connectivity index (χ0v) is 21.9. The first-order valence-electron chi connectivity index (χ1n) is 12.2. The monoisotopic (exact) mass is 489 g/mol. The van der Waals surface area contributed by atoms with Crippen molar-refractivity contribution in [2.45, 2.75) is 65.1 Å². The molecule has 0 saturated heterocycles. The van der Waals surface area contributed by atoms with Crippen LogP contribution < -0.4 is 4.74 Å². The van der Waals surface area contributed by atoms with Gasteiger partial charge in [0.15, 0.2) is 0 Å². The van der Waals surface area contributed by atoms with Crippen molar-refractivity contribution in [3.63, 3.8) is 0 Å². The molecular formula is C29H35N3O4. The Kier molecular flexibility index (Phi) is 8.54. The summed E-state index contributed by atoms with van der Waals surface area (Å²) in [6.07, 6.45) is 2.20. The number of nitriles is 1. The maximum Gasteiger partial charge on any atom is 0.338 e. The van der Waals surface area contributed by atoms with Crippen LogP contribution in [-0.4, -0.2) is 39.4 Å². The molecule has 0 saturated carbocycles. The molecule has 0 radical (unpaired) electrons. The van der Waals surface area contributed by atoms with E-state index in [1.165, 1.54) is 6.07 Å². The van der Waals surface area contributed by atoms with Gasteiger partial charge in [-0.25, -0.2) is 9.78 Å². The molecule has 0 aliphatic heterocycles. The lowest BCUT2D eigenvalue weighted by Crippen LogP contribution is -2.22. The summed E-state index contributed by atoms with van der Waals surface area (Å²) in [6.45, 7) is 10.0. The number of aryl methyl sites for hydroxylation is 1. The molecule has 1 atom stereocenters. The van der Waals surface area contributed by atoms with E-state index in [9.17, 15) is 15.2 Å². The standard InChI is InChI=1S/C29H35N3O4/c1-19(2)35-26-12-11-22(16-23(26)17-30)27(34)36-24(13-14-33)15-20-7-9-21(10-8-20)25-18-32(6)28(31-25)29(3,4)5/h7-12,16,18-19,24,33H,13-15H2,1-6H3/t24-/m1/s1. The van der Waals surface area contributed by atoms with Crippen molar-refractivity contribution in [1.29, 1.82) is 5.26 Å². The molecule has 1 N–H and O–H groups in total. The average Bonchev–Trinajstić information content (AvgIpc) is 3.21. The van der Waals surface area contributed by atoms with E-state index in [1.807, 2.05) is 51.4 Å². The fourth-order valence-electron chi connectivity index (χ4n) is 4.04. The summed E-state index contributed by atoms with van der Waals surface area (Å²) < 4.78 is 13.4. The van der Waals surface area contributed by atoms with Crippen molar-refractivity contribution in [3.05, 3.63) is 71.2 Å². The highest BCUT2D eigenvalue weighted by Gasteiger charge is 2.21. The van der Waals surface area contributed by atoms with E-state index in [0.29, 0.717) is 18.6 Å². The van der Waals surface area contributed by atoms with E-state index in [1.54, 1.807) is 12.1 Å². The quantitative estimate of drug-likeness (QED) is 0.415. The topological polar surface area (TPSA) is 97.4 Å². The number of hydrogen-bond acceptors (Lipinski definition) is 6. The number of hydrogen-bond donors (Lipinski definition) is 1. The van der Waals surface area contributed by atoms with Crippen LogP contribution in [-0.2, 0) is 23.6 Å². The van der Waals surface area contributed by atoms with Gasteiger partial charge in [-0.3, -0.25) is 0 Å². The lowest BCUT2D eigenvalue weighted by Gasteiger charge is -2.18. The second-order valence-electron chi connectivity index (χ2n) is 10.2. The van der Waals surface area contributed by atoms with Crippen LogP contribution in [0.1, 0.15) is 68.3 Å². The number of carbonyl (C=O) groups excluding carboxylic acids is 1. The van der Waals surface area contributed by atoms with Crippen molar-refractivity contribution in [2.24, 2.45) is 7.05 Å². The molecule has 0 bridgehead atoms. The zero-order valence-electron chi connectivity index (χ0n) is 21.9. The average molecular weight is 490 g/mol. The first-order valence-corrected chi connectivity index (χ1v) is 12.2. The lowest BCUT2D eigenvalue weighted by molar-refractivity contribution is 0.0244. The van der Waals surface area contributed by atoms with E-state index in [4.69, 9.17) is 14.5 Å². The fourth-order valence-corrected chi connectivity index (χ4v) is 4.04. The first-order chi connectivity index (χ1) is 17.0. The van der Waals surface area contributed by atoms with Crippen LogP contribution >= 0.6 is 0 Å². The minimum absolute atomic E-state index is 0.0515. The Morgan fingerprint density at radius 1 is 1.17 bits per heavy atom. The summed E-state index contributed by atoms with van der Waals surface area (Å²) in [7, 11) is 2.00. The van der Waals surface area contributed by atoms with Crippen LogP contribution in [0.2, 0.25) is 0 Å². The van der Waals surface area contributed by atoms with Crippen molar-refractivity contribution in [3.8, 4) is 23.1 Å². The van der Waals surface area contributed by atoms with Gasteiger partial charge < -0.3 is 19.1 Å². The number of aliphatic hydroxyl groups is 1. The molecule has 0 amide bonds. The van der Waals surface area contributed by atoms with Gasteiger partial charge in [0, 0.05) is 43.7 Å². The highest BCUT2D eigenvalue weighted by molar-refractivity contribution is 5.90. The highest BCUT2D eigenvalue weighted by Crippen LogP contribution is 2.26. The number of ether oxygens (including phenoxy) is 2. The molecule has 0 fully saturated rings. The third kappa shape index (κ3) is 6.73. The largest absolute Gasteiger partial charge is 0.490 e. The van der Waals surface area contributed by atoms with Crippen molar-refractivity contribution in [1.82, 2.24) is 9.55 Å². The van der Waals surface area contributed by atoms with Crippen LogP contribution in [0.4, 0.5) is 0 Å². The predicted molar refractivity (Wildman–Crippen MR) is 139 cm³/mol. The normalized spacial score (nSPS) is 12.3. The predicted octanol–water partition coefficient (Wildman–Crippen LogP) is 5.19. The second-order valence-corrected chi connectivity index (χ2v) is 10.2. The minimum atomic E-state index is -0.541. The van der Waals surface area contributed by atoms with E-state index in [0.717, 1.165) is 22.6 Å². The van der Waals surface area contributed by atoms with Gasteiger partial charge in [-0.1, -0.05) is 45.0 Å². The Balaban J connectivity index is 1.72. The number of rotatable bonds is 9. The van der Waals surface area contributed by atoms with Crippen molar-refractivity contribution < 1.29 is 19.4 Å². The van der Waals surface area contributed by atoms with Gasteiger partial charge in [0.1, 0.15) is 23.7 Å². The molecule has 1 aromatic heterocycles. The number of benzene rings is 2. The van der Waals surface area contributed by atoms with Gasteiger partial charge >= 0.3 is 5.97 Å². The second kappa shape index (κ2) is 11.4. The Morgan fingerprint density at radius 3 is 2.42 bits per heavy atom. The van der Waals surface area contributed by atoms with Crippen molar-refractivity contribution >= 4 is 5.97 Å². The molecule has 3 rings (SSSR count). The Morgan fingerprint density at radius 2 is 1.86 bits per heavy atom. The van der Waals surface area contributed by atoms with Gasteiger partial charge in [0.25, 0.3) is 0 Å². The van der Waals surface area contributed by atoms with Gasteiger partial charge in [-0.2, -0.15) is 5.26 Å². The van der Waals surface area contributed by atoms with E-state index in [2.05, 4.69) is 31.4 Å². The van der Waals surface area contributed by atoms with Crippen LogP contribution in [0.15, 0.2) is 48.7 Å². The third-order valence-electron chi connectivity index (χ3n) is 5.68.